The highest BCUT2D eigenvalue weighted by Gasteiger charge is 2.43. The second kappa shape index (κ2) is 4.42. The summed E-state index contributed by atoms with van der Waals surface area (Å²) >= 11 is 0. The Bertz CT molecular complexity index is 211. The smallest absolute Gasteiger partial charge is 0.00386 e. The molecule has 0 aromatic rings. The van der Waals surface area contributed by atoms with Crippen molar-refractivity contribution in [2.24, 2.45) is 23.0 Å². The van der Waals surface area contributed by atoms with Crippen LogP contribution in [0.25, 0.3) is 0 Å². The Hall–Kier alpha value is -0.0800. The van der Waals surface area contributed by atoms with E-state index in [2.05, 4.69) is 18.7 Å². The van der Waals surface area contributed by atoms with E-state index in [-0.39, 0.29) is 0 Å². The molecule has 2 atom stereocenters. The summed E-state index contributed by atoms with van der Waals surface area (Å²) in [6.45, 7) is 9.63. The normalized spacial score (nSPS) is 35.4. The van der Waals surface area contributed by atoms with Crippen LogP contribution in [0.3, 0.4) is 0 Å². The molecule has 0 aromatic carbocycles. The van der Waals surface area contributed by atoms with Crippen molar-refractivity contribution in [2.75, 3.05) is 26.2 Å². The fourth-order valence-electron chi connectivity index (χ4n) is 2.94. The van der Waals surface area contributed by atoms with Crippen molar-refractivity contribution < 1.29 is 0 Å². The molecule has 2 aliphatic rings. The third-order valence-corrected chi connectivity index (χ3v) is 4.61. The van der Waals surface area contributed by atoms with Gasteiger partial charge in [0.2, 0.25) is 0 Å². The lowest BCUT2D eigenvalue weighted by Gasteiger charge is -2.37. The van der Waals surface area contributed by atoms with Crippen LogP contribution in [-0.2, 0) is 0 Å². The maximum Gasteiger partial charge on any atom is 0.00386 e. The summed E-state index contributed by atoms with van der Waals surface area (Å²) in [5.41, 5.74) is 6.32. The first kappa shape index (κ1) is 11.4. The lowest BCUT2D eigenvalue weighted by Crippen LogP contribution is -2.41. The minimum Gasteiger partial charge on any atom is -0.330 e. The van der Waals surface area contributed by atoms with Gasteiger partial charge in [0, 0.05) is 13.1 Å². The third kappa shape index (κ3) is 2.73. The molecule has 0 radical (unpaired) electrons. The zero-order valence-corrected chi connectivity index (χ0v) is 10.3. The number of piperidine rings is 1. The molecule has 1 aliphatic heterocycles. The quantitative estimate of drug-likeness (QED) is 0.770. The Morgan fingerprint density at radius 1 is 1.27 bits per heavy atom. The van der Waals surface area contributed by atoms with Crippen LogP contribution in [0.5, 0.6) is 0 Å². The zero-order chi connectivity index (χ0) is 10.9. The van der Waals surface area contributed by atoms with Crippen molar-refractivity contribution in [2.45, 2.75) is 39.5 Å². The summed E-state index contributed by atoms with van der Waals surface area (Å²) in [5, 5.41) is 0. The molecule has 15 heavy (non-hydrogen) atoms. The predicted octanol–water partition coefficient (Wildman–Crippen LogP) is 2.09. The Morgan fingerprint density at radius 3 is 2.53 bits per heavy atom. The molecule has 1 saturated carbocycles. The largest absolute Gasteiger partial charge is 0.330 e. The van der Waals surface area contributed by atoms with Crippen molar-refractivity contribution in [1.82, 2.24) is 4.90 Å². The van der Waals surface area contributed by atoms with Crippen molar-refractivity contribution in [3.8, 4) is 0 Å². The van der Waals surface area contributed by atoms with Gasteiger partial charge in [-0.2, -0.15) is 0 Å². The van der Waals surface area contributed by atoms with Crippen molar-refractivity contribution in [3.05, 3.63) is 0 Å². The summed E-state index contributed by atoms with van der Waals surface area (Å²) in [6, 6.07) is 0. The molecule has 1 saturated heterocycles. The Morgan fingerprint density at radius 2 is 2.00 bits per heavy atom. The van der Waals surface area contributed by atoms with E-state index in [0.717, 1.165) is 18.4 Å². The van der Waals surface area contributed by atoms with Crippen molar-refractivity contribution in [1.29, 1.82) is 0 Å². The molecule has 0 amide bonds. The summed E-state index contributed by atoms with van der Waals surface area (Å²) in [5.74, 6) is 1.80. The van der Waals surface area contributed by atoms with Crippen LogP contribution < -0.4 is 5.73 Å². The van der Waals surface area contributed by atoms with Gasteiger partial charge in [-0.05, 0) is 56.0 Å². The fraction of sp³-hybridized carbons (Fsp3) is 1.00. The van der Waals surface area contributed by atoms with E-state index in [0.29, 0.717) is 5.41 Å². The van der Waals surface area contributed by atoms with E-state index in [9.17, 15) is 0 Å². The van der Waals surface area contributed by atoms with Gasteiger partial charge in [-0.25, -0.2) is 0 Å². The van der Waals surface area contributed by atoms with Gasteiger partial charge in [-0.15, -0.1) is 0 Å². The van der Waals surface area contributed by atoms with Crippen LogP contribution in [0.1, 0.15) is 39.5 Å². The van der Waals surface area contributed by atoms with Gasteiger partial charge in [0.25, 0.3) is 0 Å². The minimum atomic E-state index is 0.634. The van der Waals surface area contributed by atoms with E-state index in [1.807, 2.05) is 0 Å². The number of nitrogens with zero attached hydrogens (tertiary/aromatic N) is 1. The van der Waals surface area contributed by atoms with E-state index in [1.165, 1.54) is 45.3 Å². The van der Waals surface area contributed by atoms with Crippen molar-refractivity contribution >= 4 is 0 Å². The fourth-order valence-corrected chi connectivity index (χ4v) is 2.94. The predicted molar refractivity (Wildman–Crippen MR) is 64.7 cm³/mol. The van der Waals surface area contributed by atoms with Gasteiger partial charge in [-0.3, -0.25) is 0 Å². The van der Waals surface area contributed by atoms with Gasteiger partial charge in [0.15, 0.2) is 0 Å². The standard InChI is InChI=1S/C13H26N2/c1-11-3-8-15(9-12(11)2)10-13(4-5-13)6-7-14/h11-12H,3-10,14H2,1-2H3. The molecular weight excluding hydrogens is 184 g/mol. The van der Waals surface area contributed by atoms with E-state index in [1.54, 1.807) is 0 Å². The second-order valence-corrected chi connectivity index (χ2v) is 6.02. The molecule has 0 bridgehead atoms. The van der Waals surface area contributed by atoms with E-state index < -0.39 is 0 Å². The zero-order valence-electron chi connectivity index (χ0n) is 10.3. The summed E-state index contributed by atoms with van der Waals surface area (Å²) in [6.07, 6.45) is 5.47. The molecule has 2 rings (SSSR count). The maximum absolute atomic E-state index is 5.69. The molecular formula is C13H26N2. The molecule has 1 aliphatic carbocycles. The molecule has 1 heterocycles. The highest BCUT2D eigenvalue weighted by Crippen LogP contribution is 2.49. The van der Waals surface area contributed by atoms with Crippen molar-refractivity contribution in [3.63, 3.8) is 0 Å². The topological polar surface area (TPSA) is 29.3 Å². The lowest BCUT2D eigenvalue weighted by atomic mass is 9.87. The Labute approximate surface area is 94.2 Å². The van der Waals surface area contributed by atoms with Crippen LogP contribution in [-0.4, -0.2) is 31.1 Å². The average molecular weight is 210 g/mol. The molecule has 2 N–H and O–H groups in total. The molecule has 88 valence electrons. The molecule has 0 aromatic heterocycles. The Kier molecular flexibility index (Phi) is 3.36. The average Bonchev–Trinajstić information content (AvgIpc) is 2.92. The minimum absolute atomic E-state index is 0.634. The molecule has 2 heteroatoms. The number of hydrogen-bond acceptors (Lipinski definition) is 2. The molecule has 2 fully saturated rings. The second-order valence-electron chi connectivity index (χ2n) is 6.02. The monoisotopic (exact) mass is 210 g/mol. The first-order chi connectivity index (χ1) is 7.15. The van der Waals surface area contributed by atoms with Crippen LogP contribution in [0.2, 0.25) is 0 Å². The summed E-state index contributed by atoms with van der Waals surface area (Å²) < 4.78 is 0. The summed E-state index contributed by atoms with van der Waals surface area (Å²) in [7, 11) is 0. The Balaban J connectivity index is 1.80. The van der Waals surface area contributed by atoms with Gasteiger partial charge < -0.3 is 10.6 Å². The van der Waals surface area contributed by atoms with E-state index in [4.69, 9.17) is 5.73 Å². The van der Waals surface area contributed by atoms with Crippen LogP contribution >= 0.6 is 0 Å². The van der Waals surface area contributed by atoms with Crippen LogP contribution in [0.4, 0.5) is 0 Å². The number of hydrogen-bond donors (Lipinski definition) is 1. The highest BCUT2D eigenvalue weighted by molar-refractivity contribution is 4.96. The van der Waals surface area contributed by atoms with Gasteiger partial charge in [-0.1, -0.05) is 13.8 Å². The van der Waals surface area contributed by atoms with Crippen LogP contribution in [0, 0.1) is 17.3 Å². The maximum atomic E-state index is 5.69. The number of rotatable bonds is 4. The lowest BCUT2D eigenvalue weighted by molar-refractivity contribution is 0.113. The van der Waals surface area contributed by atoms with E-state index >= 15 is 0 Å². The molecule has 0 spiro atoms. The van der Waals surface area contributed by atoms with Gasteiger partial charge in [0.05, 0.1) is 0 Å². The summed E-state index contributed by atoms with van der Waals surface area (Å²) in [4.78, 5) is 2.69. The van der Waals surface area contributed by atoms with Gasteiger partial charge >= 0.3 is 0 Å². The molecule has 2 nitrogen and oxygen atoms in total. The first-order valence-electron chi connectivity index (χ1n) is 6.58. The SMILES string of the molecule is CC1CCN(CC2(CCN)CC2)CC1C. The highest BCUT2D eigenvalue weighted by atomic mass is 15.1. The van der Waals surface area contributed by atoms with Gasteiger partial charge in [0.1, 0.15) is 0 Å². The number of likely N-dealkylation sites (tertiary alicyclic amines) is 1. The number of nitrogens with two attached hydrogens (primary N) is 1. The van der Waals surface area contributed by atoms with Crippen LogP contribution in [0.15, 0.2) is 0 Å². The first-order valence-corrected chi connectivity index (χ1v) is 6.58. The third-order valence-electron chi connectivity index (χ3n) is 4.61. The molecule has 2 unspecified atom stereocenters.